The number of aliphatic hydroxyl groups is 5. The third-order valence-corrected chi connectivity index (χ3v) is 18.8. The average molecular weight is 1330 g/mol. The number of phosphoric ester groups is 2. The van der Waals surface area contributed by atoms with E-state index in [1.54, 1.807) is 6.92 Å². The molecule has 0 bridgehead atoms. The van der Waals surface area contributed by atoms with Gasteiger partial charge in [-0.2, -0.15) is 0 Å². The zero-order chi connectivity index (χ0) is 69.0. The molecule has 2 saturated heterocycles. The second-order valence-corrected chi connectivity index (χ2v) is 28.4. The monoisotopic (exact) mass is 1330 g/mol. The third-order valence-electron chi connectivity index (χ3n) is 16.2. The minimum atomic E-state index is -5.98. The number of phosphoric acid groups is 2. The molecule has 2 amide bonds. The van der Waals surface area contributed by atoms with E-state index in [1.807, 2.05) is 0 Å². The normalized spacial score (nSPS) is 25.1. The molecule has 2 unspecified atom stereocenters. The van der Waals surface area contributed by atoms with Gasteiger partial charge in [-0.1, -0.05) is 128 Å². The summed E-state index contributed by atoms with van der Waals surface area (Å²) in [7, 11) is -11.6. The molecule has 2 aliphatic rings. The zero-order valence-corrected chi connectivity index (χ0v) is 59.7. The number of rotatable bonds is 43. The van der Waals surface area contributed by atoms with Crippen molar-refractivity contribution in [2.45, 2.75) is 287 Å². The predicted octanol–water partition coefficient (Wildman–Crippen LogP) is 13.1. The summed E-state index contributed by atoms with van der Waals surface area (Å²) in [6, 6.07) is -3.38. The lowest BCUT2D eigenvalue weighted by molar-refractivity contribution is -0.327. The van der Waals surface area contributed by atoms with Crippen molar-refractivity contribution in [1.82, 2.24) is 10.6 Å². The number of carbonyl (C=O) groups is 2. The summed E-state index contributed by atoms with van der Waals surface area (Å²) in [5, 5.41) is 56.7. The molecule has 2 rings (SSSR count). The number of nitrogens with one attached hydrogen (secondary N) is 2. The third kappa shape index (κ3) is 36.8. The highest BCUT2D eigenvalue weighted by Gasteiger charge is 2.53. The van der Waals surface area contributed by atoms with Crippen LogP contribution < -0.4 is 20.4 Å². The summed E-state index contributed by atoms with van der Waals surface area (Å²) in [5.41, 5.74) is 15.0. The predicted molar refractivity (Wildman–Crippen MR) is 362 cm³/mol. The number of amides is 2. The first kappa shape index (κ1) is 84.1. The lowest BCUT2D eigenvalue weighted by atomic mass is 9.94. The Labute approximate surface area is 551 Å². The zero-order valence-electron chi connectivity index (χ0n) is 57.9. The van der Waals surface area contributed by atoms with E-state index < -0.39 is 109 Å². The van der Waals surface area contributed by atoms with Crippen molar-refractivity contribution in [3.8, 4) is 0 Å². The van der Waals surface area contributed by atoms with E-state index in [9.17, 15) is 54.0 Å². The van der Waals surface area contributed by atoms with Gasteiger partial charge in [-0.05, 0) is 212 Å². The van der Waals surface area contributed by atoms with Crippen molar-refractivity contribution in [2.75, 3.05) is 19.8 Å². The first-order valence-corrected chi connectivity index (χ1v) is 35.9. The van der Waals surface area contributed by atoms with Crippen LogP contribution in [0.2, 0.25) is 0 Å². The van der Waals surface area contributed by atoms with Crippen LogP contribution in [0.1, 0.15) is 225 Å². The maximum atomic E-state index is 13.1. The van der Waals surface area contributed by atoms with Gasteiger partial charge < -0.3 is 64.7 Å². The van der Waals surface area contributed by atoms with Crippen molar-refractivity contribution < 1.29 is 81.6 Å². The Morgan fingerprint density at radius 1 is 0.413 bits per heavy atom. The number of hydrogen-bond acceptors (Lipinski definition) is 17. The van der Waals surface area contributed by atoms with E-state index in [2.05, 4.69) is 152 Å². The molecule has 0 aliphatic carbocycles. The molecule has 12 atom stereocenters. The largest absolute Gasteiger partial charge is 0.756 e. The lowest BCUT2D eigenvalue weighted by Crippen LogP contribution is -2.69. The average Bonchev–Trinajstić information content (AvgIpc) is 0.791. The van der Waals surface area contributed by atoms with Crippen molar-refractivity contribution in [3.05, 3.63) is 128 Å². The van der Waals surface area contributed by atoms with E-state index in [-0.39, 0.29) is 0 Å². The molecule has 2 fully saturated rings. The summed E-state index contributed by atoms with van der Waals surface area (Å²) in [4.78, 5) is 50.2. The Bertz CT molecular complexity index is 2710. The second kappa shape index (κ2) is 45.5. The smallest absolute Gasteiger partial charge is 0.276 e. The van der Waals surface area contributed by atoms with Crippen LogP contribution in [0.3, 0.4) is 0 Å². The fourth-order valence-corrected chi connectivity index (χ4v) is 12.6. The number of hydrogen-bond donors (Lipinski definition) is 7. The summed E-state index contributed by atoms with van der Waals surface area (Å²) in [6.07, 6.45) is 31.2. The van der Waals surface area contributed by atoms with Gasteiger partial charge >= 0.3 is 0 Å². The van der Waals surface area contributed by atoms with E-state index in [4.69, 9.17) is 23.3 Å². The standard InChI is InChI=1S/C71H118N2O17P2/c1-49(2)25-15-26-50(3)27-16-28-51(4)29-17-30-52(5)31-18-32-53(6)33-19-34-54(7)35-20-36-55(8)37-21-38-56(9)39-22-40-57(10)41-23-42-58(11)43-24-44-59(12)45-46-85-91(81,82)90-92(83,84)89-71-65(73-61(14)77)69(67(79)63(48-75)87-71)88-70-64(72-60(13)76)68(80)66(78)62(47-74)86-70/h25,27,29,31,33,35,37,39,41,43,45,62-71,74-75,78-80H,15-24,26,28,30,32,34,36,38,40,42,44,46-48H2,1-14H3,(H,72,76)(H,73,77)(H,81,82)(H,83,84)/p-2/b50-27+,51-29+,52-31+,53-33-,54-35-,55-37-,56-39-,57-41-,58-43-,59-45-/t62-,63-,64-,65-,66+,67+,68-,69-,70-,71-/m1/s1. The molecule has 2 aliphatic heterocycles. The first-order valence-electron chi connectivity index (χ1n) is 33.0. The fraction of sp³-hybridized carbons (Fsp3) is 0.662. The Kier molecular flexibility index (Phi) is 41.6. The van der Waals surface area contributed by atoms with Crippen LogP contribution in [0.15, 0.2) is 128 Å². The quantitative estimate of drug-likeness (QED) is 0.0220. The fourth-order valence-electron chi connectivity index (χ4n) is 10.5. The van der Waals surface area contributed by atoms with Crippen LogP contribution in [-0.4, -0.2) is 118 Å². The molecule has 0 aromatic carbocycles. The maximum Gasteiger partial charge on any atom is 0.276 e. The van der Waals surface area contributed by atoms with Crippen LogP contribution >= 0.6 is 15.6 Å². The van der Waals surface area contributed by atoms with E-state index >= 15 is 0 Å². The van der Waals surface area contributed by atoms with Gasteiger partial charge in [-0.3, -0.25) is 23.2 Å². The van der Waals surface area contributed by atoms with Gasteiger partial charge in [-0.15, -0.1) is 0 Å². The van der Waals surface area contributed by atoms with Gasteiger partial charge in [0.15, 0.2) is 12.6 Å². The molecule has 7 N–H and O–H groups in total. The van der Waals surface area contributed by atoms with Gasteiger partial charge in [0.1, 0.15) is 48.7 Å². The molecule has 0 saturated carbocycles. The molecule has 21 heteroatoms. The molecule has 524 valence electrons. The highest BCUT2D eigenvalue weighted by Crippen LogP contribution is 2.57. The van der Waals surface area contributed by atoms with E-state index in [0.29, 0.717) is 12.8 Å². The number of aliphatic hydroxyl groups excluding tert-OH is 5. The molecule has 0 radical (unpaired) electrons. The second-order valence-electron chi connectivity index (χ2n) is 25.5. The molecule has 19 nitrogen and oxygen atoms in total. The van der Waals surface area contributed by atoms with Crippen LogP contribution in [0.4, 0.5) is 0 Å². The Hall–Kier alpha value is -3.98. The number of carbonyl (C=O) groups excluding carboxylic acids is 2. The Balaban J connectivity index is 1.73. The highest BCUT2D eigenvalue weighted by molar-refractivity contribution is 7.59. The molecular weight excluding hydrogens is 1210 g/mol. The molecule has 0 aromatic rings. The topological polar surface area (TPSA) is 295 Å². The molecule has 2 heterocycles. The van der Waals surface area contributed by atoms with Crippen LogP contribution in [-0.2, 0) is 46.3 Å². The molecule has 0 aromatic heterocycles. The van der Waals surface area contributed by atoms with Crippen molar-refractivity contribution in [2.24, 2.45) is 0 Å². The summed E-state index contributed by atoms with van der Waals surface area (Å²) >= 11 is 0. The number of ether oxygens (including phenoxy) is 3. The van der Waals surface area contributed by atoms with Crippen LogP contribution in [0, 0.1) is 0 Å². The summed E-state index contributed by atoms with van der Waals surface area (Å²) in [6.45, 7) is 25.8. The van der Waals surface area contributed by atoms with Crippen LogP contribution in [0.25, 0.3) is 0 Å². The minimum absolute atomic E-state index is 0.566. The van der Waals surface area contributed by atoms with Gasteiger partial charge in [0.2, 0.25) is 11.8 Å². The van der Waals surface area contributed by atoms with Crippen molar-refractivity contribution >= 4 is 27.5 Å². The summed E-state index contributed by atoms with van der Waals surface area (Å²) in [5.74, 6) is -1.57. The molecular formula is C71H116N2O17P2-2. The first-order chi connectivity index (χ1) is 43.3. The SMILES string of the molecule is CC(=O)N[C@H]1[C@@H](O[C@H]2[C@@H](O)[C@@H](CO)O[C@H](OP(=O)([O-])OP(=O)([O-])OC/C=C(/C)CC/C=C(/C)CC/C=C(/C)CC/C=C(/C)CC/C=C(/C)CC/C=C(/C)CC/C=C(/C)CC/C=C(\C)CC/C=C(\C)CC/C=C(\C)CCC=C(C)C)[C@@H]2NC(C)=O)O[C@H](CO)[C@H](O)[C@@H]1O. The maximum absolute atomic E-state index is 13.1. The van der Waals surface area contributed by atoms with Gasteiger partial charge in [0, 0.05) is 13.8 Å². The summed E-state index contributed by atoms with van der Waals surface area (Å²) < 4.78 is 56.7. The van der Waals surface area contributed by atoms with E-state index in [0.717, 1.165) is 135 Å². The molecule has 0 spiro atoms. The van der Waals surface area contributed by atoms with Gasteiger partial charge in [0.25, 0.3) is 15.6 Å². The Morgan fingerprint density at radius 3 is 1.02 bits per heavy atom. The number of allylic oxidation sites excluding steroid dienone is 21. The Morgan fingerprint density at radius 2 is 0.707 bits per heavy atom. The van der Waals surface area contributed by atoms with Crippen molar-refractivity contribution in [3.63, 3.8) is 0 Å². The molecule has 92 heavy (non-hydrogen) atoms. The van der Waals surface area contributed by atoms with E-state index in [1.165, 1.54) is 61.8 Å². The van der Waals surface area contributed by atoms with Crippen molar-refractivity contribution in [1.29, 1.82) is 0 Å². The lowest BCUT2D eigenvalue weighted by Gasteiger charge is -2.48. The van der Waals surface area contributed by atoms with Gasteiger partial charge in [0.05, 0.1) is 19.8 Å². The van der Waals surface area contributed by atoms with Crippen LogP contribution in [0.5, 0.6) is 0 Å². The van der Waals surface area contributed by atoms with Gasteiger partial charge in [-0.25, -0.2) is 4.31 Å². The highest BCUT2D eigenvalue weighted by atomic mass is 31.3. The minimum Gasteiger partial charge on any atom is -0.756 e.